The van der Waals surface area contributed by atoms with E-state index in [1.54, 1.807) is 12.1 Å². The van der Waals surface area contributed by atoms with Crippen LogP contribution >= 0.6 is 0 Å². The van der Waals surface area contributed by atoms with E-state index >= 15 is 0 Å². The number of hydrogen-bond acceptors (Lipinski definition) is 0. The van der Waals surface area contributed by atoms with Crippen LogP contribution in [0.15, 0.2) is 60.2 Å². The van der Waals surface area contributed by atoms with Gasteiger partial charge in [0.05, 0.1) is 0 Å². The second kappa shape index (κ2) is 7.45. The smallest absolute Gasteiger partial charge is 0.123 e. The van der Waals surface area contributed by atoms with Crippen LogP contribution in [0.4, 0.5) is 8.78 Å². The molecule has 0 spiro atoms. The van der Waals surface area contributed by atoms with Crippen molar-refractivity contribution in [2.45, 2.75) is 44.4 Å². The number of hydrogen-bond donors (Lipinski definition) is 1. The van der Waals surface area contributed by atoms with Crippen molar-refractivity contribution in [1.29, 1.82) is 0 Å². The van der Waals surface area contributed by atoms with Gasteiger partial charge in [0.15, 0.2) is 0 Å². The van der Waals surface area contributed by atoms with Gasteiger partial charge >= 0.3 is 0 Å². The van der Waals surface area contributed by atoms with Crippen LogP contribution in [0.5, 0.6) is 0 Å². The fourth-order valence-corrected chi connectivity index (χ4v) is 3.93. The summed E-state index contributed by atoms with van der Waals surface area (Å²) in [6.45, 7) is 0. The summed E-state index contributed by atoms with van der Waals surface area (Å²) in [7, 11) is 0. The predicted octanol–water partition coefficient (Wildman–Crippen LogP) is 6.66. The van der Waals surface area contributed by atoms with E-state index in [2.05, 4.69) is 17.1 Å². The third kappa shape index (κ3) is 3.87. The minimum Gasteiger partial charge on any atom is -0.358 e. The summed E-state index contributed by atoms with van der Waals surface area (Å²) in [6.07, 6.45) is 9.07. The summed E-state index contributed by atoms with van der Waals surface area (Å²) in [4.78, 5) is 3.47. The van der Waals surface area contributed by atoms with Crippen LogP contribution in [0.3, 0.4) is 0 Å². The molecular weight excluding hydrogens is 328 g/mol. The SMILES string of the molecule is Fc1ccc(CC2=CC(c3cc4cc(F)ccc4[nH]3)CCCCC2)cc1. The highest BCUT2D eigenvalue weighted by Crippen LogP contribution is 2.32. The van der Waals surface area contributed by atoms with Gasteiger partial charge in [-0.2, -0.15) is 0 Å². The van der Waals surface area contributed by atoms with Crippen molar-refractivity contribution in [2.75, 3.05) is 0 Å². The van der Waals surface area contributed by atoms with Gasteiger partial charge in [-0.15, -0.1) is 0 Å². The third-order valence-corrected chi connectivity index (χ3v) is 5.30. The first kappa shape index (κ1) is 17.0. The Hall–Kier alpha value is -2.42. The molecule has 1 aromatic heterocycles. The van der Waals surface area contributed by atoms with Gasteiger partial charge in [-0.25, -0.2) is 8.78 Å². The standard InChI is InChI=1S/C23H23F2N/c24-20-8-6-16(7-9-20)12-17-4-2-1-3-5-18(13-17)23-15-19-14-21(25)10-11-22(19)26-23/h6-11,13-15,18,26H,1-5,12H2. The molecule has 1 atom stereocenters. The van der Waals surface area contributed by atoms with Gasteiger partial charge in [0.2, 0.25) is 0 Å². The quantitative estimate of drug-likeness (QED) is 0.508. The molecule has 0 saturated heterocycles. The largest absolute Gasteiger partial charge is 0.358 e. The summed E-state index contributed by atoms with van der Waals surface area (Å²) in [5.41, 5.74) is 4.70. The molecule has 3 heteroatoms. The first-order valence-electron chi connectivity index (χ1n) is 9.39. The fraction of sp³-hybridized carbons (Fsp3) is 0.304. The van der Waals surface area contributed by atoms with Crippen LogP contribution in [-0.2, 0) is 6.42 Å². The van der Waals surface area contributed by atoms with Crippen molar-refractivity contribution in [3.63, 3.8) is 0 Å². The average molecular weight is 351 g/mol. The minimum absolute atomic E-state index is 0.191. The van der Waals surface area contributed by atoms with Crippen molar-refractivity contribution in [3.8, 4) is 0 Å². The van der Waals surface area contributed by atoms with Crippen LogP contribution in [0.2, 0.25) is 0 Å². The zero-order valence-corrected chi connectivity index (χ0v) is 14.8. The van der Waals surface area contributed by atoms with E-state index in [0.717, 1.165) is 41.4 Å². The van der Waals surface area contributed by atoms with Gasteiger partial charge in [-0.3, -0.25) is 0 Å². The van der Waals surface area contributed by atoms with Crippen molar-refractivity contribution < 1.29 is 8.78 Å². The molecule has 0 bridgehead atoms. The second-order valence-corrected chi connectivity index (χ2v) is 7.29. The number of fused-ring (bicyclic) bond motifs is 1. The highest BCUT2D eigenvalue weighted by molar-refractivity contribution is 5.80. The zero-order chi connectivity index (χ0) is 17.9. The Morgan fingerprint density at radius 2 is 1.69 bits per heavy atom. The monoisotopic (exact) mass is 351 g/mol. The van der Waals surface area contributed by atoms with Gasteiger partial charge in [-0.1, -0.05) is 36.6 Å². The maximum absolute atomic E-state index is 13.5. The van der Waals surface area contributed by atoms with Crippen LogP contribution in [0, 0.1) is 11.6 Å². The fourth-order valence-electron chi connectivity index (χ4n) is 3.93. The summed E-state index contributed by atoms with van der Waals surface area (Å²) >= 11 is 0. The van der Waals surface area contributed by atoms with Crippen LogP contribution in [0.25, 0.3) is 10.9 Å². The number of benzene rings is 2. The molecule has 1 heterocycles. The van der Waals surface area contributed by atoms with Gasteiger partial charge < -0.3 is 4.98 Å². The zero-order valence-electron chi connectivity index (χ0n) is 14.8. The number of rotatable bonds is 3. The average Bonchev–Trinajstić information content (AvgIpc) is 3.02. The van der Waals surface area contributed by atoms with E-state index < -0.39 is 0 Å². The Morgan fingerprint density at radius 1 is 0.885 bits per heavy atom. The molecule has 0 saturated carbocycles. The molecule has 1 unspecified atom stereocenters. The molecule has 26 heavy (non-hydrogen) atoms. The van der Waals surface area contributed by atoms with E-state index in [-0.39, 0.29) is 11.6 Å². The lowest BCUT2D eigenvalue weighted by molar-refractivity contribution is 0.578. The number of aromatic amines is 1. The molecular formula is C23H23F2N. The Bertz CT molecular complexity index is 921. The lowest BCUT2D eigenvalue weighted by Crippen LogP contribution is -2.03. The number of nitrogens with one attached hydrogen (secondary N) is 1. The van der Waals surface area contributed by atoms with Gasteiger partial charge in [-0.05, 0) is 67.6 Å². The van der Waals surface area contributed by atoms with E-state index in [1.807, 2.05) is 12.1 Å². The molecule has 1 nitrogen and oxygen atoms in total. The van der Waals surface area contributed by atoms with Crippen molar-refractivity contribution in [2.24, 2.45) is 0 Å². The van der Waals surface area contributed by atoms with Crippen molar-refractivity contribution in [3.05, 3.63) is 83.1 Å². The lowest BCUT2D eigenvalue weighted by Gasteiger charge is -2.18. The highest BCUT2D eigenvalue weighted by Gasteiger charge is 2.16. The highest BCUT2D eigenvalue weighted by atomic mass is 19.1. The van der Waals surface area contributed by atoms with Crippen LogP contribution in [0.1, 0.15) is 49.3 Å². The Labute approximate surface area is 152 Å². The van der Waals surface area contributed by atoms with Crippen LogP contribution < -0.4 is 0 Å². The molecule has 1 N–H and O–H groups in total. The maximum atomic E-state index is 13.5. The van der Waals surface area contributed by atoms with Gasteiger partial charge in [0.1, 0.15) is 11.6 Å². The van der Waals surface area contributed by atoms with Crippen molar-refractivity contribution >= 4 is 10.9 Å². The maximum Gasteiger partial charge on any atom is 0.123 e. The van der Waals surface area contributed by atoms with E-state index in [4.69, 9.17) is 0 Å². The molecule has 3 aromatic rings. The van der Waals surface area contributed by atoms with Gasteiger partial charge in [0, 0.05) is 22.5 Å². The van der Waals surface area contributed by atoms with E-state index in [0.29, 0.717) is 5.92 Å². The third-order valence-electron chi connectivity index (χ3n) is 5.30. The molecule has 2 aromatic carbocycles. The van der Waals surface area contributed by atoms with Gasteiger partial charge in [0.25, 0.3) is 0 Å². The Morgan fingerprint density at radius 3 is 2.54 bits per heavy atom. The number of halogens is 2. The van der Waals surface area contributed by atoms with Crippen molar-refractivity contribution in [1.82, 2.24) is 4.98 Å². The summed E-state index contributed by atoms with van der Waals surface area (Å²) in [5.74, 6) is -0.0713. The number of H-pyrrole nitrogens is 1. The number of allylic oxidation sites excluding steroid dienone is 2. The second-order valence-electron chi connectivity index (χ2n) is 7.29. The van der Waals surface area contributed by atoms with E-state index in [1.165, 1.54) is 43.0 Å². The lowest BCUT2D eigenvalue weighted by atomic mass is 9.88. The first-order chi connectivity index (χ1) is 12.7. The Balaban J connectivity index is 1.63. The number of aromatic nitrogens is 1. The summed E-state index contributed by atoms with van der Waals surface area (Å²) < 4.78 is 26.6. The minimum atomic E-state index is -0.201. The molecule has 0 amide bonds. The normalized spacial score (nSPS) is 18.4. The molecule has 0 radical (unpaired) electrons. The van der Waals surface area contributed by atoms with E-state index in [9.17, 15) is 8.78 Å². The molecule has 4 rings (SSSR count). The Kier molecular flexibility index (Phi) is 4.87. The molecule has 1 aliphatic rings. The molecule has 0 fully saturated rings. The molecule has 0 aliphatic heterocycles. The molecule has 1 aliphatic carbocycles. The summed E-state index contributed by atoms with van der Waals surface area (Å²) in [5, 5.41) is 0.926. The van der Waals surface area contributed by atoms with Crippen LogP contribution in [-0.4, -0.2) is 4.98 Å². The first-order valence-corrected chi connectivity index (χ1v) is 9.39. The summed E-state index contributed by atoms with van der Waals surface area (Å²) in [6, 6.07) is 13.8. The topological polar surface area (TPSA) is 15.8 Å². The predicted molar refractivity (Wildman–Crippen MR) is 102 cm³/mol. The molecule has 134 valence electrons.